The van der Waals surface area contributed by atoms with E-state index in [1.54, 1.807) is 0 Å². The minimum Gasteiger partial charge on any atom is -0.504 e. The van der Waals surface area contributed by atoms with Crippen molar-refractivity contribution in [2.45, 2.75) is 102 Å². The summed E-state index contributed by atoms with van der Waals surface area (Å²) in [6.07, 6.45) is 1.13. The molecule has 5 atom stereocenters. The average molecular weight is 513 g/mol. The first-order valence-corrected chi connectivity index (χ1v) is 15.1. The highest BCUT2D eigenvalue weighted by Gasteiger charge is 2.67. The molecule has 6 nitrogen and oxygen atoms in total. The van der Waals surface area contributed by atoms with Crippen molar-refractivity contribution in [3.05, 3.63) is 10.2 Å². The van der Waals surface area contributed by atoms with Crippen LogP contribution in [-0.4, -0.2) is 45.7 Å². The zero-order valence-electron chi connectivity index (χ0n) is 20.7. The molecule has 1 saturated heterocycles. The van der Waals surface area contributed by atoms with Crippen LogP contribution < -0.4 is 5.45 Å². The Hall–Kier alpha value is -0.863. The van der Waals surface area contributed by atoms with Crippen molar-refractivity contribution in [2.24, 2.45) is 11.8 Å². The number of hydrogen-bond acceptors (Lipinski definition) is 5. The summed E-state index contributed by atoms with van der Waals surface area (Å²) in [6.45, 7) is 17.9. The Morgan fingerprint density at radius 1 is 0.970 bits per heavy atom. The lowest BCUT2D eigenvalue weighted by Gasteiger charge is -2.43. The van der Waals surface area contributed by atoms with Crippen molar-refractivity contribution in [1.29, 1.82) is 0 Å². The lowest BCUT2D eigenvalue weighted by atomic mass is 10.1. The van der Waals surface area contributed by atoms with Gasteiger partial charge in [0.1, 0.15) is 24.7 Å². The van der Waals surface area contributed by atoms with Gasteiger partial charge in [0.15, 0.2) is 22.3 Å². The number of nitrogens with zero attached hydrogens (tertiary/aromatic N) is 3. The maximum absolute atomic E-state index is 10.5. The lowest BCUT2D eigenvalue weighted by molar-refractivity contribution is -0.156. The van der Waals surface area contributed by atoms with E-state index in [1.165, 1.54) is 0 Å². The number of ether oxygens (including phenoxy) is 2. The van der Waals surface area contributed by atoms with Crippen LogP contribution in [-0.2, 0) is 9.47 Å². The van der Waals surface area contributed by atoms with Gasteiger partial charge in [0.25, 0.3) is 0 Å². The monoisotopic (exact) mass is 511 g/mol. The van der Waals surface area contributed by atoms with Gasteiger partial charge in [-0.3, -0.25) is 0 Å². The van der Waals surface area contributed by atoms with Crippen LogP contribution in [0.1, 0.15) is 67.9 Å². The molecule has 3 aliphatic rings. The Bertz CT molecular complexity index is 1090. The van der Waals surface area contributed by atoms with E-state index in [9.17, 15) is 5.11 Å². The van der Waals surface area contributed by atoms with Gasteiger partial charge in [-0.2, -0.15) is 0 Å². The van der Waals surface area contributed by atoms with Crippen LogP contribution in [0.15, 0.2) is 0 Å². The molecule has 3 heterocycles. The quantitative estimate of drug-likeness (QED) is 0.391. The van der Waals surface area contributed by atoms with Crippen molar-refractivity contribution in [1.82, 2.24) is 14.5 Å². The average Bonchev–Trinajstić information content (AvgIpc) is 3.18. The molecule has 2 aromatic heterocycles. The summed E-state index contributed by atoms with van der Waals surface area (Å²) in [4.78, 5) is 9.87. The summed E-state index contributed by atoms with van der Waals surface area (Å²) in [7, 11) is -2.22. The van der Waals surface area contributed by atoms with Crippen LogP contribution in [0.5, 0.6) is 5.75 Å². The second-order valence-corrected chi connectivity index (χ2v) is 18.1. The maximum atomic E-state index is 10.5. The Balaban J connectivity index is 1.83. The molecule has 33 heavy (non-hydrogen) atoms. The number of fused-ring (bicyclic) bond motifs is 4. The fourth-order valence-corrected chi connectivity index (χ4v) is 14.4. The molecule has 1 aliphatic heterocycles. The Morgan fingerprint density at radius 3 is 2.12 bits per heavy atom. The summed E-state index contributed by atoms with van der Waals surface area (Å²) in [5, 5.41) is 10.7. The summed E-state index contributed by atoms with van der Waals surface area (Å²) in [5.74, 6) is 0.131. The van der Waals surface area contributed by atoms with Crippen LogP contribution in [0.3, 0.4) is 0 Å². The predicted molar refractivity (Wildman–Crippen MR) is 134 cm³/mol. The third kappa shape index (κ3) is 3.18. The fraction of sp³-hybridized carbons (Fsp3) is 0.750. The molecule has 2 aromatic rings. The van der Waals surface area contributed by atoms with Gasteiger partial charge in [-0.05, 0) is 48.7 Å². The Morgan fingerprint density at radius 2 is 1.55 bits per heavy atom. The topological polar surface area (TPSA) is 69.4 Å². The molecule has 2 saturated carbocycles. The van der Waals surface area contributed by atoms with E-state index < -0.39 is 13.9 Å². The van der Waals surface area contributed by atoms with Gasteiger partial charge >= 0.3 is 0 Å². The Labute approximate surface area is 207 Å². The molecule has 0 radical (unpaired) electrons. The number of aromatic nitrogens is 3. The van der Waals surface area contributed by atoms with Gasteiger partial charge in [0.05, 0.1) is 17.6 Å². The number of halogens is 2. The molecule has 0 aromatic carbocycles. The van der Waals surface area contributed by atoms with Gasteiger partial charge in [0.2, 0.25) is 0 Å². The van der Waals surface area contributed by atoms with Gasteiger partial charge < -0.3 is 19.1 Å². The SMILES string of the molecule is CC(C)[Si](c1nc2c(Cl)c(O)c(Cl)nc2n1[C@@H]1[C@H]2C[C@H]2[C@H]2OC(C)(C)O[C@H]21)(C(C)C)C(C)C. The molecule has 0 bridgehead atoms. The highest BCUT2D eigenvalue weighted by molar-refractivity contribution is 6.94. The van der Waals surface area contributed by atoms with E-state index in [2.05, 4.69) is 51.1 Å². The van der Waals surface area contributed by atoms with Gasteiger partial charge in [-0.1, -0.05) is 64.7 Å². The molecule has 182 valence electrons. The van der Waals surface area contributed by atoms with E-state index >= 15 is 0 Å². The summed E-state index contributed by atoms with van der Waals surface area (Å²) < 4.78 is 15.2. The van der Waals surface area contributed by atoms with E-state index in [1.807, 2.05) is 13.8 Å². The first-order valence-electron chi connectivity index (χ1n) is 12.1. The third-order valence-corrected chi connectivity index (χ3v) is 16.0. The number of imidazole rings is 1. The van der Waals surface area contributed by atoms with Crippen molar-refractivity contribution in [3.63, 3.8) is 0 Å². The zero-order chi connectivity index (χ0) is 24.2. The first kappa shape index (κ1) is 23.9. The Kier molecular flexibility index (Phi) is 5.47. The van der Waals surface area contributed by atoms with E-state index in [-0.39, 0.29) is 34.2 Å². The predicted octanol–water partition coefficient (Wildman–Crippen LogP) is 6.04. The highest BCUT2D eigenvalue weighted by atomic mass is 35.5. The van der Waals surface area contributed by atoms with E-state index in [4.69, 9.17) is 37.7 Å². The summed E-state index contributed by atoms with van der Waals surface area (Å²) in [6, 6.07) is 0.0640. The number of aromatic hydroxyl groups is 1. The molecule has 2 aliphatic carbocycles. The number of rotatable bonds is 5. The third-order valence-electron chi connectivity index (χ3n) is 8.50. The van der Waals surface area contributed by atoms with Crippen LogP contribution in [0.25, 0.3) is 11.2 Å². The smallest absolute Gasteiger partial charge is 0.174 e. The number of hydrogen-bond donors (Lipinski definition) is 1. The van der Waals surface area contributed by atoms with Crippen LogP contribution in [0.4, 0.5) is 0 Å². The van der Waals surface area contributed by atoms with Crippen molar-refractivity contribution < 1.29 is 14.6 Å². The summed E-state index contributed by atoms with van der Waals surface area (Å²) in [5.41, 5.74) is 3.62. The summed E-state index contributed by atoms with van der Waals surface area (Å²) >= 11 is 13.0. The highest BCUT2D eigenvalue weighted by Crippen LogP contribution is 2.63. The van der Waals surface area contributed by atoms with Crippen molar-refractivity contribution >= 4 is 47.9 Å². The maximum Gasteiger partial charge on any atom is 0.174 e. The van der Waals surface area contributed by atoms with Crippen LogP contribution in [0.2, 0.25) is 26.8 Å². The number of pyridine rings is 1. The molecule has 0 spiro atoms. The molecule has 0 unspecified atom stereocenters. The molecule has 3 fully saturated rings. The fourth-order valence-electron chi connectivity index (χ4n) is 7.39. The van der Waals surface area contributed by atoms with Crippen LogP contribution >= 0.6 is 23.2 Å². The standard InChI is InChI=1S/C24H35Cl2N3O3Si/c1-10(2)33(11(3)4,12(5)6)23-27-16-15(25)18(30)21(26)28-22(16)29(23)17-13-9-14(13)19-20(17)32-24(7,8)31-19/h10-14,17,19-20,30H,9H2,1-8H3/t13-,14+,17+,19+,20-/m0/s1. The first-order chi connectivity index (χ1) is 15.3. The second-order valence-electron chi connectivity index (χ2n) is 11.6. The van der Waals surface area contributed by atoms with E-state index in [0.717, 1.165) is 11.9 Å². The molecule has 0 amide bonds. The van der Waals surface area contributed by atoms with Crippen LogP contribution in [0, 0.1) is 11.8 Å². The van der Waals surface area contributed by atoms with Crippen molar-refractivity contribution in [3.8, 4) is 5.75 Å². The normalized spacial score (nSPS) is 30.6. The van der Waals surface area contributed by atoms with E-state index in [0.29, 0.717) is 39.6 Å². The van der Waals surface area contributed by atoms with Gasteiger partial charge in [-0.15, -0.1) is 0 Å². The molecular formula is C24H35Cl2N3O3Si. The minimum absolute atomic E-state index is 0.0110. The molecular weight excluding hydrogens is 477 g/mol. The molecule has 1 N–H and O–H groups in total. The van der Waals surface area contributed by atoms with Gasteiger partial charge in [-0.25, -0.2) is 9.97 Å². The zero-order valence-corrected chi connectivity index (χ0v) is 23.2. The minimum atomic E-state index is -2.22. The molecule has 5 rings (SSSR count). The lowest BCUT2D eigenvalue weighted by Crippen LogP contribution is -2.60. The largest absolute Gasteiger partial charge is 0.504 e. The van der Waals surface area contributed by atoms with Crippen molar-refractivity contribution in [2.75, 3.05) is 0 Å². The van der Waals surface area contributed by atoms with Gasteiger partial charge in [0, 0.05) is 0 Å². The second kappa shape index (κ2) is 7.57. The molecule has 9 heteroatoms.